The highest BCUT2D eigenvalue weighted by molar-refractivity contribution is 8.00. The zero-order valence-corrected chi connectivity index (χ0v) is 16.3. The zero-order valence-electron chi connectivity index (χ0n) is 15.5. The van der Waals surface area contributed by atoms with Gasteiger partial charge in [-0.05, 0) is 36.1 Å². The van der Waals surface area contributed by atoms with Gasteiger partial charge in [0, 0.05) is 29.7 Å². The first kappa shape index (κ1) is 21.8. The van der Waals surface area contributed by atoms with Crippen LogP contribution >= 0.6 is 11.8 Å². The molecule has 0 saturated carbocycles. The highest BCUT2D eigenvalue weighted by Gasteiger charge is 2.50. The van der Waals surface area contributed by atoms with Crippen LogP contribution in [0.3, 0.4) is 0 Å². The SMILES string of the molecule is COC(=O)C(NC(=O)c1ccc(C#CC#C[C@H](O)CO)cc1)C1(OC)CSC1. The van der Waals surface area contributed by atoms with Crippen molar-refractivity contribution in [3.8, 4) is 23.7 Å². The minimum Gasteiger partial charge on any atom is -0.467 e. The molecule has 2 rings (SSSR count). The number of carbonyl (C=O) groups excluding carboxylic acids is 2. The molecule has 0 radical (unpaired) electrons. The van der Waals surface area contributed by atoms with Gasteiger partial charge in [0.2, 0.25) is 0 Å². The molecule has 1 unspecified atom stereocenters. The number of benzene rings is 1. The largest absolute Gasteiger partial charge is 0.467 e. The average Bonchev–Trinajstić information content (AvgIpc) is 2.69. The zero-order chi connectivity index (χ0) is 20.6. The topological polar surface area (TPSA) is 105 Å². The normalized spacial score (nSPS) is 16.1. The molecular weight excluding hydrogens is 382 g/mol. The van der Waals surface area contributed by atoms with Crippen molar-refractivity contribution < 1.29 is 29.3 Å². The molecule has 1 aliphatic rings. The molecular formula is C20H21NO6S. The lowest BCUT2D eigenvalue weighted by molar-refractivity contribution is -0.150. The molecule has 28 heavy (non-hydrogen) atoms. The molecule has 1 aromatic carbocycles. The smallest absolute Gasteiger partial charge is 0.331 e. The van der Waals surface area contributed by atoms with E-state index in [-0.39, 0.29) is 0 Å². The van der Waals surface area contributed by atoms with E-state index in [4.69, 9.17) is 19.7 Å². The molecule has 7 nitrogen and oxygen atoms in total. The number of esters is 1. The summed E-state index contributed by atoms with van der Waals surface area (Å²) < 4.78 is 10.3. The summed E-state index contributed by atoms with van der Waals surface area (Å²) in [6.45, 7) is -0.450. The number of aliphatic hydroxyl groups excluding tert-OH is 2. The van der Waals surface area contributed by atoms with Crippen molar-refractivity contribution in [1.82, 2.24) is 5.32 Å². The Bertz CT molecular complexity index is 821. The van der Waals surface area contributed by atoms with E-state index >= 15 is 0 Å². The first-order chi connectivity index (χ1) is 13.5. The Morgan fingerprint density at radius 3 is 2.43 bits per heavy atom. The van der Waals surface area contributed by atoms with E-state index < -0.39 is 36.2 Å². The van der Waals surface area contributed by atoms with Crippen molar-refractivity contribution in [1.29, 1.82) is 0 Å². The van der Waals surface area contributed by atoms with Crippen LogP contribution in [-0.4, -0.2) is 72.2 Å². The van der Waals surface area contributed by atoms with Gasteiger partial charge in [-0.25, -0.2) is 4.79 Å². The minimum atomic E-state index is -1.12. The van der Waals surface area contributed by atoms with Crippen LogP contribution in [0.5, 0.6) is 0 Å². The van der Waals surface area contributed by atoms with Crippen LogP contribution in [0.2, 0.25) is 0 Å². The van der Waals surface area contributed by atoms with E-state index in [1.807, 2.05) is 0 Å². The Kier molecular flexibility index (Phi) is 7.91. The summed E-state index contributed by atoms with van der Waals surface area (Å²) >= 11 is 1.62. The predicted octanol–water partition coefficient (Wildman–Crippen LogP) is -0.202. The molecule has 1 aromatic rings. The van der Waals surface area contributed by atoms with Gasteiger partial charge in [-0.3, -0.25) is 4.79 Å². The van der Waals surface area contributed by atoms with Gasteiger partial charge in [-0.2, -0.15) is 11.8 Å². The molecule has 3 N–H and O–H groups in total. The van der Waals surface area contributed by atoms with Gasteiger partial charge >= 0.3 is 5.97 Å². The summed E-state index contributed by atoms with van der Waals surface area (Å²) in [6, 6.07) is 5.55. The van der Waals surface area contributed by atoms with Crippen molar-refractivity contribution >= 4 is 23.6 Å². The van der Waals surface area contributed by atoms with Gasteiger partial charge in [0.25, 0.3) is 5.91 Å². The third kappa shape index (κ3) is 5.28. The van der Waals surface area contributed by atoms with Crippen LogP contribution in [0.1, 0.15) is 15.9 Å². The third-order valence-corrected chi connectivity index (χ3v) is 5.55. The molecule has 1 fully saturated rings. The fraction of sp³-hybridized carbons (Fsp3) is 0.400. The number of nitrogens with one attached hydrogen (secondary N) is 1. The maximum atomic E-state index is 12.6. The highest BCUT2D eigenvalue weighted by Crippen LogP contribution is 2.36. The summed E-state index contributed by atoms with van der Waals surface area (Å²) in [5, 5.41) is 20.5. The molecule has 1 aliphatic heterocycles. The minimum absolute atomic E-state index is 0.361. The van der Waals surface area contributed by atoms with Crippen LogP contribution in [0.4, 0.5) is 0 Å². The van der Waals surface area contributed by atoms with Crippen molar-refractivity contribution in [2.24, 2.45) is 0 Å². The van der Waals surface area contributed by atoms with Gasteiger partial charge in [-0.15, -0.1) is 0 Å². The standard InChI is InChI=1S/C20H21NO6S/c1-26-19(25)17(20(27-2)12-28-13-20)21-18(24)15-9-7-14(8-10-15)5-3-4-6-16(23)11-22/h7-10,16-17,22-23H,11-13H2,1-2H3,(H,21,24)/t16-,17?/m0/s1. The summed E-state index contributed by atoms with van der Waals surface area (Å²) in [5.41, 5.74) is 0.216. The lowest BCUT2D eigenvalue weighted by Crippen LogP contribution is -2.65. The fourth-order valence-electron chi connectivity index (χ4n) is 2.42. The summed E-state index contributed by atoms with van der Waals surface area (Å²) in [7, 11) is 2.78. The van der Waals surface area contributed by atoms with Crippen LogP contribution in [0.15, 0.2) is 24.3 Å². The molecule has 0 aliphatic carbocycles. The molecule has 8 heteroatoms. The van der Waals surface area contributed by atoms with E-state index in [0.717, 1.165) is 0 Å². The van der Waals surface area contributed by atoms with Crippen LogP contribution in [0, 0.1) is 23.7 Å². The van der Waals surface area contributed by atoms with E-state index in [0.29, 0.717) is 22.6 Å². The Hall–Kier alpha value is -2.49. The second-order valence-corrected chi connectivity index (χ2v) is 6.97. The monoisotopic (exact) mass is 403 g/mol. The summed E-state index contributed by atoms with van der Waals surface area (Å²) in [6.07, 6.45) is -1.12. The van der Waals surface area contributed by atoms with Crippen LogP contribution in [-0.2, 0) is 14.3 Å². The average molecular weight is 403 g/mol. The van der Waals surface area contributed by atoms with E-state index in [2.05, 4.69) is 29.0 Å². The highest BCUT2D eigenvalue weighted by atomic mass is 32.2. The second kappa shape index (κ2) is 10.2. The predicted molar refractivity (Wildman–Crippen MR) is 105 cm³/mol. The van der Waals surface area contributed by atoms with Crippen molar-refractivity contribution in [3.05, 3.63) is 35.4 Å². The number of carbonyl (C=O) groups is 2. The first-order valence-electron chi connectivity index (χ1n) is 8.38. The number of ether oxygens (including phenoxy) is 2. The number of hydrogen-bond donors (Lipinski definition) is 3. The molecule has 0 bridgehead atoms. The number of amides is 1. The Balaban J connectivity index is 2.08. The number of thioether (sulfide) groups is 1. The second-order valence-electron chi connectivity index (χ2n) is 5.99. The fourth-order valence-corrected chi connectivity index (χ4v) is 3.59. The Morgan fingerprint density at radius 1 is 1.25 bits per heavy atom. The first-order valence-corrected chi connectivity index (χ1v) is 9.53. The Labute approximate surface area is 167 Å². The summed E-state index contributed by atoms with van der Waals surface area (Å²) in [5.74, 6) is 10.3. The number of hydrogen-bond acceptors (Lipinski definition) is 7. The van der Waals surface area contributed by atoms with Crippen molar-refractivity contribution in [2.45, 2.75) is 17.7 Å². The van der Waals surface area contributed by atoms with Gasteiger partial charge in [-0.1, -0.05) is 11.8 Å². The Morgan fingerprint density at radius 2 is 1.93 bits per heavy atom. The lowest BCUT2D eigenvalue weighted by atomic mass is 9.96. The molecule has 148 valence electrons. The van der Waals surface area contributed by atoms with Crippen LogP contribution < -0.4 is 5.32 Å². The number of methoxy groups -OCH3 is 2. The van der Waals surface area contributed by atoms with Crippen molar-refractivity contribution in [3.63, 3.8) is 0 Å². The molecule has 1 saturated heterocycles. The van der Waals surface area contributed by atoms with E-state index in [9.17, 15) is 9.59 Å². The third-order valence-electron chi connectivity index (χ3n) is 4.17. The van der Waals surface area contributed by atoms with Gasteiger partial charge in [0.05, 0.1) is 13.7 Å². The maximum Gasteiger partial charge on any atom is 0.331 e. The maximum absolute atomic E-state index is 12.6. The molecule has 1 amide bonds. The van der Waals surface area contributed by atoms with E-state index in [1.54, 1.807) is 36.0 Å². The number of rotatable bonds is 6. The molecule has 2 atom stereocenters. The lowest BCUT2D eigenvalue weighted by Gasteiger charge is -2.44. The molecule has 0 spiro atoms. The van der Waals surface area contributed by atoms with E-state index in [1.165, 1.54) is 14.2 Å². The summed E-state index contributed by atoms with van der Waals surface area (Å²) in [4.78, 5) is 24.7. The van der Waals surface area contributed by atoms with Crippen LogP contribution in [0.25, 0.3) is 0 Å². The quantitative estimate of drug-likeness (QED) is 0.446. The molecule has 1 heterocycles. The van der Waals surface area contributed by atoms with Gasteiger partial charge < -0.3 is 25.0 Å². The van der Waals surface area contributed by atoms with Gasteiger partial charge in [0.1, 0.15) is 11.7 Å². The number of aliphatic hydroxyl groups is 2. The van der Waals surface area contributed by atoms with Gasteiger partial charge in [0.15, 0.2) is 6.04 Å². The van der Waals surface area contributed by atoms with Crippen molar-refractivity contribution in [2.75, 3.05) is 32.3 Å². The molecule has 0 aromatic heterocycles.